The van der Waals surface area contributed by atoms with Crippen LogP contribution in [-0.2, 0) is 6.42 Å². The molecule has 1 N–H and O–H groups in total. The molecule has 0 heterocycles. The van der Waals surface area contributed by atoms with Crippen LogP contribution in [0.1, 0.15) is 46.6 Å². The summed E-state index contributed by atoms with van der Waals surface area (Å²) < 4.78 is 13.7. The van der Waals surface area contributed by atoms with Gasteiger partial charge in [0.25, 0.3) is 0 Å². The number of halogens is 1. The van der Waals surface area contributed by atoms with Crippen molar-refractivity contribution in [2.45, 2.75) is 53.0 Å². The second kappa shape index (κ2) is 5.83. The highest BCUT2D eigenvalue weighted by Gasteiger charge is 2.25. The molecule has 0 aliphatic heterocycles. The first-order chi connectivity index (χ1) is 8.26. The van der Waals surface area contributed by atoms with Crippen LogP contribution in [0.2, 0.25) is 0 Å². The van der Waals surface area contributed by atoms with Gasteiger partial charge in [-0.2, -0.15) is 0 Å². The molecule has 0 spiro atoms. The summed E-state index contributed by atoms with van der Waals surface area (Å²) in [6.07, 6.45) is 1.81. The number of rotatable bonds is 5. The maximum Gasteiger partial charge on any atom is 0.126 e. The average Bonchev–Trinajstić information content (AvgIpc) is 2.29. The quantitative estimate of drug-likeness (QED) is 0.828. The summed E-state index contributed by atoms with van der Waals surface area (Å²) in [5, 5.41) is 3.53. The molecule has 0 aliphatic rings. The lowest BCUT2D eigenvalue weighted by Gasteiger charge is -2.33. The lowest BCUT2D eigenvalue weighted by Crippen LogP contribution is -2.43. The lowest BCUT2D eigenvalue weighted by atomic mass is 9.80. The van der Waals surface area contributed by atoms with Crippen molar-refractivity contribution in [3.63, 3.8) is 0 Å². The highest BCUT2D eigenvalue weighted by Crippen LogP contribution is 2.27. The molecule has 1 unspecified atom stereocenters. The number of hydrogen-bond donors (Lipinski definition) is 1. The van der Waals surface area contributed by atoms with E-state index in [2.05, 4.69) is 39.9 Å². The van der Waals surface area contributed by atoms with Crippen molar-refractivity contribution in [1.82, 2.24) is 5.32 Å². The fraction of sp³-hybridized carbons (Fsp3) is 0.625. The Balaban J connectivity index is 2.74. The second-order valence-electron chi connectivity index (χ2n) is 6.54. The SMILES string of the molecule is CCC(C)(CNC(C)(C)C)Cc1ccccc1F. The molecular formula is C16H26FN. The summed E-state index contributed by atoms with van der Waals surface area (Å²) in [7, 11) is 0. The first-order valence-electron chi connectivity index (χ1n) is 6.74. The Morgan fingerprint density at radius 3 is 2.22 bits per heavy atom. The Morgan fingerprint density at radius 2 is 1.72 bits per heavy atom. The van der Waals surface area contributed by atoms with Crippen molar-refractivity contribution < 1.29 is 4.39 Å². The van der Waals surface area contributed by atoms with Gasteiger partial charge in [0.15, 0.2) is 0 Å². The van der Waals surface area contributed by atoms with E-state index < -0.39 is 0 Å². The van der Waals surface area contributed by atoms with Crippen molar-refractivity contribution >= 4 is 0 Å². The summed E-state index contributed by atoms with van der Waals surface area (Å²) in [6.45, 7) is 11.8. The Morgan fingerprint density at radius 1 is 1.11 bits per heavy atom. The van der Waals surface area contributed by atoms with Gasteiger partial charge in [-0.25, -0.2) is 4.39 Å². The van der Waals surface area contributed by atoms with E-state index in [0.717, 1.165) is 24.9 Å². The number of nitrogens with one attached hydrogen (secondary N) is 1. The predicted molar refractivity (Wildman–Crippen MR) is 76.3 cm³/mol. The molecule has 0 radical (unpaired) electrons. The molecule has 1 atom stereocenters. The molecule has 18 heavy (non-hydrogen) atoms. The van der Waals surface area contributed by atoms with Gasteiger partial charge in [0.1, 0.15) is 5.82 Å². The molecular weight excluding hydrogens is 225 g/mol. The summed E-state index contributed by atoms with van der Waals surface area (Å²) in [5.41, 5.74) is 1.01. The number of benzene rings is 1. The third-order valence-corrected chi connectivity index (χ3v) is 3.47. The molecule has 0 aliphatic carbocycles. The molecule has 0 aromatic heterocycles. The molecule has 1 rings (SSSR count). The van der Waals surface area contributed by atoms with Gasteiger partial charge in [-0.15, -0.1) is 0 Å². The van der Waals surface area contributed by atoms with Gasteiger partial charge in [-0.05, 0) is 50.7 Å². The van der Waals surface area contributed by atoms with Crippen molar-refractivity contribution in [2.75, 3.05) is 6.54 Å². The van der Waals surface area contributed by atoms with E-state index in [9.17, 15) is 4.39 Å². The molecule has 0 saturated carbocycles. The minimum Gasteiger partial charge on any atom is -0.312 e. The monoisotopic (exact) mass is 251 g/mol. The second-order valence-corrected chi connectivity index (χ2v) is 6.54. The molecule has 0 saturated heterocycles. The Hall–Kier alpha value is -0.890. The third-order valence-electron chi connectivity index (χ3n) is 3.47. The van der Waals surface area contributed by atoms with Crippen LogP contribution in [0.15, 0.2) is 24.3 Å². The maximum absolute atomic E-state index is 13.7. The van der Waals surface area contributed by atoms with Gasteiger partial charge < -0.3 is 5.32 Å². The first-order valence-corrected chi connectivity index (χ1v) is 6.74. The molecule has 1 aromatic rings. The van der Waals surface area contributed by atoms with Crippen molar-refractivity contribution in [2.24, 2.45) is 5.41 Å². The van der Waals surface area contributed by atoms with Crippen molar-refractivity contribution in [1.29, 1.82) is 0 Å². The zero-order valence-corrected chi connectivity index (χ0v) is 12.3. The van der Waals surface area contributed by atoms with Gasteiger partial charge in [0.05, 0.1) is 0 Å². The first kappa shape index (κ1) is 15.2. The van der Waals surface area contributed by atoms with Gasteiger partial charge in [-0.1, -0.05) is 32.0 Å². The van der Waals surface area contributed by atoms with Crippen LogP contribution in [0.4, 0.5) is 4.39 Å². The molecule has 102 valence electrons. The average molecular weight is 251 g/mol. The zero-order chi connectivity index (χ0) is 13.8. The van der Waals surface area contributed by atoms with Crippen LogP contribution in [0.5, 0.6) is 0 Å². The van der Waals surface area contributed by atoms with E-state index in [1.807, 2.05) is 12.1 Å². The topological polar surface area (TPSA) is 12.0 Å². The van der Waals surface area contributed by atoms with Crippen molar-refractivity contribution in [3.8, 4) is 0 Å². The standard InChI is InChI=1S/C16H26FN/c1-6-16(5,12-18-15(2,3)4)11-13-9-7-8-10-14(13)17/h7-10,18H,6,11-12H2,1-5H3. The van der Waals surface area contributed by atoms with Gasteiger partial charge in [-0.3, -0.25) is 0 Å². The predicted octanol–water partition coefficient (Wildman–Crippen LogP) is 4.17. The smallest absolute Gasteiger partial charge is 0.126 e. The van der Waals surface area contributed by atoms with Crippen LogP contribution in [0, 0.1) is 11.2 Å². The molecule has 1 nitrogen and oxygen atoms in total. The van der Waals surface area contributed by atoms with E-state index in [1.165, 1.54) is 0 Å². The molecule has 0 fully saturated rings. The Kier molecular flexibility index (Phi) is 4.92. The third kappa shape index (κ3) is 4.77. The van der Waals surface area contributed by atoms with Crippen LogP contribution < -0.4 is 5.32 Å². The van der Waals surface area contributed by atoms with Gasteiger partial charge in [0, 0.05) is 12.1 Å². The fourth-order valence-electron chi connectivity index (χ4n) is 1.89. The van der Waals surface area contributed by atoms with E-state index in [-0.39, 0.29) is 16.8 Å². The summed E-state index contributed by atoms with van der Waals surface area (Å²) in [6, 6.07) is 7.09. The lowest BCUT2D eigenvalue weighted by molar-refractivity contribution is 0.252. The zero-order valence-electron chi connectivity index (χ0n) is 12.3. The summed E-state index contributed by atoms with van der Waals surface area (Å²) >= 11 is 0. The Labute approximate surface area is 111 Å². The molecule has 1 aromatic carbocycles. The van der Waals surface area contributed by atoms with Crippen molar-refractivity contribution in [3.05, 3.63) is 35.6 Å². The van der Waals surface area contributed by atoms with Crippen LogP contribution in [0.25, 0.3) is 0 Å². The van der Waals surface area contributed by atoms with E-state index >= 15 is 0 Å². The maximum atomic E-state index is 13.7. The molecule has 0 amide bonds. The largest absolute Gasteiger partial charge is 0.312 e. The minimum atomic E-state index is -0.0899. The highest BCUT2D eigenvalue weighted by molar-refractivity contribution is 5.19. The molecule has 0 bridgehead atoms. The molecule has 2 heteroatoms. The highest BCUT2D eigenvalue weighted by atomic mass is 19.1. The van der Waals surface area contributed by atoms with Crippen LogP contribution >= 0.6 is 0 Å². The number of hydrogen-bond acceptors (Lipinski definition) is 1. The fourth-order valence-corrected chi connectivity index (χ4v) is 1.89. The van der Waals surface area contributed by atoms with Crippen LogP contribution in [0.3, 0.4) is 0 Å². The minimum absolute atomic E-state index is 0.0899. The van der Waals surface area contributed by atoms with E-state index in [4.69, 9.17) is 0 Å². The van der Waals surface area contributed by atoms with Crippen LogP contribution in [-0.4, -0.2) is 12.1 Å². The summed E-state index contributed by atoms with van der Waals surface area (Å²) in [5.74, 6) is -0.0899. The van der Waals surface area contributed by atoms with E-state index in [1.54, 1.807) is 12.1 Å². The Bertz CT molecular complexity index is 381. The van der Waals surface area contributed by atoms with E-state index in [0.29, 0.717) is 0 Å². The van der Waals surface area contributed by atoms with Gasteiger partial charge >= 0.3 is 0 Å². The van der Waals surface area contributed by atoms with Gasteiger partial charge in [0.2, 0.25) is 0 Å². The normalized spacial score (nSPS) is 15.4. The summed E-state index contributed by atoms with van der Waals surface area (Å²) in [4.78, 5) is 0.